The van der Waals surface area contributed by atoms with Gasteiger partial charge >= 0.3 is 0 Å². The third-order valence-corrected chi connectivity index (χ3v) is 5.83. The van der Waals surface area contributed by atoms with E-state index in [4.69, 9.17) is 10.5 Å². The molecule has 3 aliphatic rings. The van der Waals surface area contributed by atoms with Crippen LogP contribution in [0.5, 0.6) is 5.75 Å². The van der Waals surface area contributed by atoms with E-state index in [0.29, 0.717) is 11.9 Å². The normalized spacial score (nSPS) is 38.6. The van der Waals surface area contributed by atoms with Crippen molar-refractivity contribution in [3.8, 4) is 5.75 Å². The second kappa shape index (κ2) is 4.01. The van der Waals surface area contributed by atoms with Gasteiger partial charge in [-0.15, -0.1) is 0 Å². The van der Waals surface area contributed by atoms with Crippen molar-refractivity contribution in [3.05, 3.63) is 0 Å². The summed E-state index contributed by atoms with van der Waals surface area (Å²) in [5.74, 6) is 5.06. The summed E-state index contributed by atoms with van der Waals surface area (Å²) in [5, 5.41) is 4.70. The first-order valence-electron chi connectivity index (χ1n) is 7.33. The summed E-state index contributed by atoms with van der Waals surface area (Å²) >= 11 is 1.44. The van der Waals surface area contributed by atoms with E-state index in [1.165, 1.54) is 30.8 Å². The van der Waals surface area contributed by atoms with Crippen molar-refractivity contribution in [1.82, 2.24) is 4.37 Å². The number of hydrogen-bond acceptors (Lipinski definition) is 5. The van der Waals surface area contributed by atoms with Crippen molar-refractivity contribution < 1.29 is 4.74 Å². The van der Waals surface area contributed by atoms with E-state index in [-0.39, 0.29) is 6.10 Å². The van der Waals surface area contributed by atoms with Crippen LogP contribution in [0.1, 0.15) is 33.1 Å². The maximum atomic E-state index is 5.90. The number of nitrogens with zero attached hydrogens (tertiary/aromatic N) is 1. The number of rotatable bonds is 4. The van der Waals surface area contributed by atoms with Gasteiger partial charge in [0.1, 0.15) is 0 Å². The molecule has 3 aliphatic carbocycles. The maximum Gasteiger partial charge on any atom is 0.197 e. The summed E-state index contributed by atoms with van der Waals surface area (Å²) in [6.45, 7) is 4.04. The van der Waals surface area contributed by atoms with Crippen molar-refractivity contribution in [1.29, 1.82) is 0 Å². The lowest BCUT2D eigenvalue weighted by molar-refractivity contribution is 0.245. The van der Waals surface area contributed by atoms with Crippen molar-refractivity contribution >= 4 is 22.4 Å². The zero-order valence-electron chi connectivity index (χ0n) is 11.4. The van der Waals surface area contributed by atoms with Gasteiger partial charge in [0, 0.05) is 6.04 Å². The molecule has 0 amide bonds. The van der Waals surface area contributed by atoms with Gasteiger partial charge in [-0.25, -0.2) is 0 Å². The molecule has 1 aromatic rings. The standard InChI is InChI=1S/C14H21N3OS/c1-6(2)18-12-13(15)17-19-14(12)16-11-9-7-3-4-8(5-7)10(9)11/h6-11,16H,3-5H2,1-2H3,(H2,15,17). The average Bonchev–Trinajstić information content (AvgIpc) is 2.71. The first kappa shape index (κ1) is 11.8. The molecule has 4 unspecified atom stereocenters. The molecular weight excluding hydrogens is 258 g/mol. The van der Waals surface area contributed by atoms with Gasteiger partial charge in [0.05, 0.1) is 6.10 Å². The summed E-state index contributed by atoms with van der Waals surface area (Å²) < 4.78 is 10.0. The molecule has 0 saturated heterocycles. The summed E-state index contributed by atoms with van der Waals surface area (Å²) in [4.78, 5) is 0. The monoisotopic (exact) mass is 279 g/mol. The number of nitrogen functional groups attached to an aromatic ring is 1. The van der Waals surface area contributed by atoms with Gasteiger partial charge in [-0.05, 0) is 68.3 Å². The Kier molecular flexibility index (Phi) is 2.50. The Balaban J connectivity index is 1.50. The minimum atomic E-state index is 0.133. The molecule has 5 heteroatoms. The predicted molar refractivity (Wildman–Crippen MR) is 77.5 cm³/mol. The third-order valence-electron chi connectivity index (χ3n) is 5.06. The Morgan fingerprint density at radius 3 is 2.63 bits per heavy atom. The molecule has 2 bridgehead atoms. The van der Waals surface area contributed by atoms with Gasteiger partial charge in [0.25, 0.3) is 0 Å². The van der Waals surface area contributed by atoms with Crippen LogP contribution in [-0.4, -0.2) is 16.5 Å². The minimum absolute atomic E-state index is 0.133. The van der Waals surface area contributed by atoms with Crippen LogP contribution in [0.3, 0.4) is 0 Å². The van der Waals surface area contributed by atoms with Crippen molar-refractivity contribution in [2.75, 3.05) is 11.1 Å². The van der Waals surface area contributed by atoms with E-state index in [0.717, 1.165) is 34.4 Å². The highest BCUT2D eigenvalue weighted by atomic mass is 32.1. The number of ether oxygens (including phenoxy) is 1. The maximum absolute atomic E-state index is 5.90. The number of nitrogens with one attached hydrogen (secondary N) is 1. The molecule has 4 nitrogen and oxygen atoms in total. The lowest BCUT2D eigenvalue weighted by Crippen LogP contribution is -2.14. The quantitative estimate of drug-likeness (QED) is 0.889. The van der Waals surface area contributed by atoms with Crippen LogP contribution in [-0.2, 0) is 0 Å². The second-order valence-corrected chi connectivity index (χ2v) is 7.32. The van der Waals surface area contributed by atoms with E-state index in [1.807, 2.05) is 13.8 Å². The molecule has 19 heavy (non-hydrogen) atoms. The molecule has 0 radical (unpaired) electrons. The molecule has 1 aromatic heterocycles. The average molecular weight is 279 g/mol. The molecular formula is C14H21N3OS. The van der Waals surface area contributed by atoms with Crippen LogP contribution in [0, 0.1) is 23.7 Å². The number of hydrogen-bond donors (Lipinski definition) is 2. The molecule has 104 valence electrons. The summed E-state index contributed by atoms with van der Waals surface area (Å²) in [6.07, 6.45) is 4.51. The van der Waals surface area contributed by atoms with E-state index < -0.39 is 0 Å². The fourth-order valence-electron chi connectivity index (χ4n) is 4.41. The fourth-order valence-corrected chi connectivity index (χ4v) is 5.10. The molecule has 4 rings (SSSR count). The molecule has 0 aliphatic heterocycles. The Labute approximate surface area is 117 Å². The number of aromatic nitrogens is 1. The van der Waals surface area contributed by atoms with Crippen molar-refractivity contribution in [2.45, 2.75) is 45.3 Å². The molecule has 0 spiro atoms. The van der Waals surface area contributed by atoms with Gasteiger partial charge in [-0.2, -0.15) is 4.37 Å². The Morgan fingerprint density at radius 2 is 2.00 bits per heavy atom. The predicted octanol–water partition coefficient (Wildman–Crippen LogP) is 2.97. The molecule has 3 saturated carbocycles. The van der Waals surface area contributed by atoms with Gasteiger partial charge in [-0.3, -0.25) is 0 Å². The van der Waals surface area contributed by atoms with Crippen molar-refractivity contribution in [2.24, 2.45) is 23.7 Å². The highest BCUT2D eigenvalue weighted by Gasteiger charge is 2.65. The van der Waals surface area contributed by atoms with Crippen LogP contribution >= 0.6 is 11.5 Å². The van der Waals surface area contributed by atoms with Gasteiger partial charge in [0.15, 0.2) is 16.6 Å². The van der Waals surface area contributed by atoms with Gasteiger partial charge < -0.3 is 15.8 Å². The highest BCUT2D eigenvalue weighted by Crippen LogP contribution is 2.66. The topological polar surface area (TPSA) is 60.2 Å². The van der Waals surface area contributed by atoms with Gasteiger partial charge in [-0.1, -0.05) is 0 Å². The van der Waals surface area contributed by atoms with Crippen LogP contribution in [0.4, 0.5) is 10.8 Å². The Hall–Kier alpha value is -0.970. The van der Waals surface area contributed by atoms with Crippen LogP contribution < -0.4 is 15.8 Å². The van der Waals surface area contributed by atoms with E-state index in [1.54, 1.807) is 0 Å². The molecule has 3 fully saturated rings. The summed E-state index contributed by atoms with van der Waals surface area (Å²) in [7, 11) is 0. The zero-order valence-corrected chi connectivity index (χ0v) is 12.2. The zero-order chi connectivity index (χ0) is 13.1. The molecule has 3 N–H and O–H groups in total. The molecule has 1 heterocycles. The van der Waals surface area contributed by atoms with Crippen LogP contribution in [0.15, 0.2) is 0 Å². The van der Waals surface area contributed by atoms with E-state index >= 15 is 0 Å². The van der Waals surface area contributed by atoms with Crippen LogP contribution in [0.2, 0.25) is 0 Å². The first-order chi connectivity index (χ1) is 9.15. The van der Waals surface area contributed by atoms with Gasteiger partial charge in [0.2, 0.25) is 0 Å². The highest BCUT2D eigenvalue weighted by molar-refractivity contribution is 7.11. The van der Waals surface area contributed by atoms with Crippen LogP contribution in [0.25, 0.3) is 0 Å². The lowest BCUT2D eigenvalue weighted by atomic mass is 10.0. The smallest absolute Gasteiger partial charge is 0.197 e. The summed E-state index contributed by atoms with van der Waals surface area (Å²) in [6, 6.07) is 0.653. The largest absolute Gasteiger partial charge is 0.484 e. The van der Waals surface area contributed by atoms with E-state index in [2.05, 4.69) is 9.69 Å². The third kappa shape index (κ3) is 1.74. The fraction of sp³-hybridized carbons (Fsp3) is 0.786. The van der Waals surface area contributed by atoms with E-state index in [9.17, 15) is 0 Å². The SMILES string of the molecule is CC(C)Oc1c(N)nsc1NC1C2C3CCC(C3)C12. The Morgan fingerprint density at radius 1 is 1.32 bits per heavy atom. The number of nitrogens with two attached hydrogens (primary N) is 1. The first-order valence-corrected chi connectivity index (χ1v) is 8.11. The lowest BCUT2D eigenvalue weighted by Gasteiger charge is -2.14. The molecule has 0 aromatic carbocycles. The van der Waals surface area contributed by atoms with Crippen molar-refractivity contribution in [3.63, 3.8) is 0 Å². The summed E-state index contributed by atoms with van der Waals surface area (Å²) in [5.41, 5.74) is 5.90. The number of fused-ring (bicyclic) bond motifs is 5. The molecule has 4 atom stereocenters. The second-order valence-electron chi connectivity index (χ2n) is 6.55. The number of anilines is 2. The minimum Gasteiger partial charge on any atom is -0.484 e. The Bertz CT molecular complexity index is 485.